The first-order valence-corrected chi connectivity index (χ1v) is 7.79. The molecule has 0 heterocycles. The third kappa shape index (κ3) is 4.94. The van der Waals surface area contributed by atoms with E-state index >= 15 is 0 Å². The Hall–Kier alpha value is -3.62. The van der Waals surface area contributed by atoms with Crippen LogP contribution in [-0.2, 0) is 9.53 Å². The number of benzene rings is 2. The van der Waals surface area contributed by atoms with E-state index in [9.17, 15) is 19.7 Å². The molecule has 0 radical (unpaired) electrons. The van der Waals surface area contributed by atoms with Crippen molar-refractivity contribution in [2.75, 3.05) is 26.1 Å². The van der Waals surface area contributed by atoms with Gasteiger partial charge < -0.3 is 19.5 Å². The number of methoxy groups -OCH3 is 2. The molecule has 0 atom stereocenters. The molecule has 2 rings (SSSR count). The molecule has 0 fully saturated rings. The molecule has 1 N–H and O–H groups in total. The van der Waals surface area contributed by atoms with Crippen LogP contribution in [0.1, 0.15) is 15.9 Å². The molecular formula is C18H18N2O7. The lowest BCUT2D eigenvalue weighted by Crippen LogP contribution is -2.21. The van der Waals surface area contributed by atoms with E-state index < -0.39 is 23.4 Å². The number of nitro benzene ring substituents is 1. The van der Waals surface area contributed by atoms with Crippen molar-refractivity contribution in [2.45, 2.75) is 6.92 Å². The average Bonchev–Trinajstić information content (AvgIpc) is 2.66. The molecule has 0 saturated carbocycles. The molecule has 0 saturated heterocycles. The Bertz CT molecular complexity index is 880. The second-order valence-electron chi connectivity index (χ2n) is 5.47. The quantitative estimate of drug-likeness (QED) is 0.450. The van der Waals surface area contributed by atoms with Crippen LogP contribution in [0.2, 0.25) is 0 Å². The minimum atomic E-state index is -0.707. The number of aryl methyl sites for hydroxylation is 1. The van der Waals surface area contributed by atoms with Gasteiger partial charge in [0.05, 0.1) is 30.9 Å². The summed E-state index contributed by atoms with van der Waals surface area (Å²) in [4.78, 5) is 34.4. The van der Waals surface area contributed by atoms with E-state index in [1.165, 1.54) is 32.4 Å². The molecule has 0 bridgehead atoms. The first-order valence-electron chi connectivity index (χ1n) is 7.79. The lowest BCUT2D eigenvalue weighted by molar-refractivity contribution is -0.384. The third-order valence-corrected chi connectivity index (χ3v) is 3.58. The monoisotopic (exact) mass is 374 g/mol. The van der Waals surface area contributed by atoms with Gasteiger partial charge in [0, 0.05) is 6.07 Å². The van der Waals surface area contributed by atoms with E-state index in [4.69, 9.17) is 14.2 Å². The number of ether oxygens (including phenoxy) is 3. The van der Waals surface area contributed by atoms with Gasteiger partial charge in [-0.1, -0.05) is 11.6 Å². The Morgan fingerprint density at radius 2 is 1.78 bits per heavy atom. The fraction of sp³-hybridized carbons (Fsp3) is 0.222. The molecule has 9 nitrogen and oxygen atoms in total. The highest BCUT2D eigenvalue weighted by molar-refractivity contribution is 5.97. The summed E-state index contributed by atoms with van der Waals surface area (Å²) in [6, 6.07) is 8.75. The van der Waals surface area contributed by atoms with Crippen LogP contribution in [0.4, 0.5) is 11.4 Å². The molecule has 0 aliphatic rings. The number of hydrogen-bond acceptors (Lipinski definition) is 7. The molecule has 1 amide bonds. The van der Waals surface area contributed by atoms with Gasteiger partial charge in [0.15, 0.2) is 6.61 Å². The predicted octanol–water partition coefficient (Wildman–Crippen LogP) is 2.72. The van der Waals surface area contributed by atoms with Crippen molar-refractivity contribution in [3.05, 3.63) is 57.6 Å². The third-order valence-electron chi connectivity index (χ3n) is 3.58. The van der Waals surface area contributed by atoms with E-state index in [1.54, 1.807) is 18.2 Å². The fourth-order valence-electron chi connectivity index (χ4n) is 2.27. The van der Waals surface area contributed by atoms with E-state index in [-0.39, 0.29) is 22.7 Å². The number of amides is 1. The van der Waals surface area contributed by atoms with Gasteiger partial charge in [0.25, 0.3) is 11.6 Å². The van der Waals surface area contributed by atoms with Crippen LogP contribution in [-0.4, -0.2) is 37.6 Å². The molecule has 0 spiro atoms. The van der Waals surface area contributed by atoms with Crippen LogP contribution < -0.4 is 14.8 Å². The van der Waals surface area contributed by atoms with Crippen LogP contribution in [0.5, 0.6) is 11.5 Å². The van der Waals surface area contributed by atoms with Crippen molar-refractivity contribution in [2.24, 2.45) is 0 Å². The van der Waals surface area contributed by atoms with Crippen LogP contribution in [0.25, 0.3) is 0 Å². The van der Waals surface area contributed by atoms with E-state index in [2.05, 4.69) is 5.32 Å². The molecule has 0 aromatic heterocycles. The van der Waals surface area contributed by atoms with Gasteiger partial charge in [-0.2, -0.15) is 0 Å². The molecule has 2 aromatic rings. The average molecular weight is 374 g/mol. The van der Waals surface area contributed by atoms with Crippen LogP contribution in [0.15, 0.2) is 36.4 Å². The van der Waals surface area contributed by atoms with Gasteiger partial charge in [-0.3, -0.25) is 14.9 Å². The van der Waals surface area contributed by atoms with Crippen molar-refractivity contribution in [1.29, 1.82) is 0 Å². The second kappa shape index (κ2) is 8.65. The Kier molecular flexibility index (Phi) is 6.32. The number of non-ortho nitro benzene ring substituents is 1. The Labute approximate surface area is 155 Å². The molecule has 0 aliphatic carbocycles. The van der Waals surface area contributed by atoms with Gasteiger partial charge >= 0.3 is 5.97 Å². The first-order chi connectivity index (χ1) is 12.8. The first kappa shape index (κ1) is 19.7. The molecule has 27 heavy (non-hydrogen) atoms. The van der Waals surface area contributed by atoms with Crippen LogP contribution in [0, 0.1) is 17.0 Å². The number of carbonyl (C=O) groups is 2. The van der Waals surface area contributed by atoms with Gasteiger partial charge in [-0.25, -0.2) is 4.79 Å². The standard InChI is InChI=1S/C18H18N2O7/c1-11-4-7-15(25-2)13(8-11)18(22)27-10-17(21)19-14-6-5-12(20(23)24)9-16(14)26-3/h4-9H,10H2,1-3H3,(H,19,21). The normalized spacial score (nSPS) is 10.0. The van der Waals surface area contributed by atoms with Crippen LogP contribution in [0.3, 0.4) is 0 Å². The van der Waals surface area contributed by atoms with Crippen molar-refractivity contribution < 1.29 is 28.7 Å². The number of carbonyl (C=O) groups excluding carboxylic acids is 2. The molecule has 142 valence electrons. The number of anilines is 1. The van der Waals surface area contributed by atoms with E-state index in [0.29, 0.717) is 5.75 Å². The summed E-state index contributed by atoms with van der Waals surface area (Å²) >= 11 is 0. The zero-order chi connectivity index (χ0) is 20.0. The highest BCUT2D eigenvalue weighted by Crippen LogP contribution is 2.29. The zero-order valence-electron chi connectivity index (χ0n) is 15.0. The number of nitro groups is 1. The van der Waals surface area contributed by atoms with Crippen molar-refractivity contribution >= 4 is 23.3 Å². The number of hydrogen-bond donors (Lipinski definition) is 1. The van der Waals surface area contributed by atoms with Gasteiger partial charge in [0.2, 0.25) is 0 Å². The van der Waals surface area contributed by atoms with Crippen molar-refractivity contribution in [3.63, 3.8) is 0 Å². The lowest BCUT2D eigenvalue weighted by Gasteiger charge is -2.11. The highest BCUT2D eigenvalue weighted by atomic mass is 16.6. The maximum atomic E-state index is 12.2. The maximum absolute atomic E-state index is 12.2. The lowest BCUT2D eigenvalue weighted by atomic mass is 10.1. The summed E-state index contributed by atoms with van der Waals surface area (Å²) in [5, 5.41) is 13.3. The molecule has 9 heteroatoms. The summed E-state index contributed by atoms with van der Waals surface area (Å²) in [7, 11) is 2.74. The van der Waals surface area contributed by atoms with Crippen molar-refractivity contribution in [1.82, 2.24) is 0 Å². The van der Waals surface area contributed by atoms with Crippen LogP contribution >= 0.6 is 0 Å². The number of nitrogens with one attached hydrogen (secondary N) is 1. The Morgan fingerprint density at radius 1 is 1.07 bits per heavy atom. The predicted molar refractivity (Wildman–Crippen MR) is 96.3 cm³/mol. The molecule has 0 aliphatic heterocycles. The fourth-order valence-corrected chi connectivity index (χ4v) is 2.27. The maximum Gasteiger partial charge on any atom is 0.342 e. The van der Waals surface area contributed by atoms with Crippen molar-refractivity contribution in [3.8, 4) is 11.5 Å². The van der Waals surface area contributed by atoms with E-state index in [0.717, 1.165) is 5.56 Å². The SMILES string of the molecule is COc1cc([N+](=O)[O-])ccc1NC(=O)COC(=O)c1cc(C)ccc1OC. The summed E-state index contributed by atoms with van der Waals surface area (Å²) < 4.78 is 15.2. The number of rotatable bonds is 7. The minimum absolute atomic E-state index is 0.115. The second-order valence-corrected chi connectivity index (χ2v) is 5.47. The topological polar surface area (TPSA) is 117 Å². The Balaban J connectivity index is 2.03. The van der Waals surface area contributed by atoms with Gasteiger partial charge in [-0.15, -0.1) is 0 Å². The number of esters is 1. The molecular weight excluding hydrogens is 356 g/mol. The summed E-state index contributed by atoms with van der Waals surface area (Å²) in [6.07, 6.45) is 0. The smallest absolute Gasteiger partial charge is 0.342 e. The largest absolute Gasteiger partial charge is 0.496 e. The molecule has 0 unspecified atom stereocenters. The Morgan fingerprint density at radius 3 is 2.41 bits per heavy atom. The van der Waals surface area contributed by atoms with Gasteiger partial charge in [-0.05, 0) is 25.1 Å². The highest BCUT2D eigenvalue weighted by Gasteiger charge is 2.17. The van der Waals surface area contributed by atoms with Gasteiger partial charge in [0.1, 0.15) is 17.1 Å². The minimum Gasteiger partial charge on any atom is -0.496 e. The summed E-state index contributed by atoms with van der Waals surface area (Å²) in [5.74, 6) is -0.879. The summed E-state index contributed by atoms with van der Waals surface area (Å²) in [6.45, 7) is 1.26. The van der Waals surface area contributed by atoms with E-state index in [1.807, 2.05) is 6.92 Å². The molecule has 2 aromatic carbocycles. The summed E-state index contributed by atoms with van der Waals surface area (Å²) in [5.41, 5.74) is 1.08. The zero-order valence-corrected chi connectivity index (χ0v) is 15.0. The number of nitrogens with zero attached hydrogens (tertiary/aromatic N) is 1.